The fourth-order valence-electron chi connectivity index (χ4n) is 7.90. The van der Waals surface area contributed by atoms with Gasteiger partial charge in [-0.25, -0.2) is 9.37 Å². The van der Waals surface area contributed by atoms with Crippen molar-refractivity contribution >= 4 is 54.5 Å². The second-order valence-electron chi connectivity index (χ2n) is 14.2. The first-order valence-corrected chi connectivity index (χ1v) is 17.8. The Kier molecular flexibility index (Phi) is 16.8. The summed E-state index contributed by atoms with van der Waals surface area (Å²) in [6, 6.07) is 15.7. The van der Waals surface area contributed by atoms with E-state index in [1.807, 2.05) is 38.3 Å². The molecule has 2 aliphatic rings. The Bertz CT molecular complexity index is 1430. The van der Waals surface area contributed by atoms with E-state index in [9.17, 15) is 14.3 Å². The average Bonchev–Trinajstić information content (AvgIpc) is 3.61. The van der Waals surface area contributed by atoms with Gasteiger partial charge in [0.15, 0.2) is 0 Å². The van der Waals surface area contributed by atoms with E-state index in [1.54, 1.807) is 6.07 Å². The first-order valence-electron chi connectivity index (χ1n) is 17.0. The number of aryl methyl sites for hydroxylation is 1. The molecular weight excluding hydrogens is 688 g/mol. The molecule has 48 heavy (non-hydrogen) atoms. The van der Waals surface area contributed by atoms with Crippen molar-refractivity contribution in [3.63, 3.8) is 0 Å². The topological polar surface area (TPSA) is 56.7 Å². The summed E-state index contributed by atoms with van der Waals surface area (Å²) >= 11 is 1.92. The number of benzene rings is 2. The minimum atomic E-state index is -0.762. The van der Waals surface area contributed by atoms with Gasteiger partial charge in [0.25, 0.3) is 0 Å². The summed E-state index contributed by atoms with van der Waals surface area (Å²) in [6.07, 6.45) is 5.93. The number of aliphatic carboxylic acids is 1. The lowest BCUT2D eigenvalue weighted by Gasteiger charge is -2.35. The zero-order chi connectivity index (χ0) is 32.2. The van der Waals surface area contributed by atoms with E-state index in [4.69, 9.17) is 4.98 Å². The molecule has 5 nitrogen and oxygen atoms in total. The van der Waals surface area contributed by atoms with Crippen molar-refractivity contribution in [2.24, 2.45) is 11.8 Å². The van der Waals surface area contributed by atoms with Gasteiger partial charge >= 0.3 is 5.97 Å². The van der Waals surface area contributed by atoms with Crippen LogP contribution < -0.4 is 0 Å². The third-order valence-electron chi connectivity index (χ3n) is 10.4. The molecule has 1 N–H and O–H groups in total. The van der Waals surface area contributed by atoms with Gasteiger partial charge in [-0.1, -0.05) is 71.0 Å². The van der Waals surface area contributed by atoms with Crippen molar-refractivity contribution in [1.82, 2.24) is 14.8 Å². The molecule has 5 rings (SSSR count). The molecule has 10 heteroatoms. The molecule has 3 unspecified atom stereocenters. The molecule has 2 aromatic carbocycles. The second kappa shape index (κ2) is 19.0. The molecule has 1 saturated heterocycles. The number of carboxylic acids is 1. The maximum atomic E-state index is 14.3. The lowest BCUT2D eigenvalue weighted by molar-refractivity contribution is -0.145. The summed E-state index contributed by atoms with van der Waals surface area (Å²) in [6.45, 7) is 13.7. The Balaban J connectivity index is 0.00000267. The highest BCUT2D eigenvalue weighted by Crippen LogP contribution is 2.44. The van der Waals surface area contributed by atoms with Crippen LogP contribution in [0.5, 0.6) is 0 Å². The van der Waals surface area contributed by atoms with Crippen molar-refractivity contribution in [2.75, 3.05) is 26.7 Å². The molecule has 1 aliphatic carbocycles. The smallest absolute Gasteiger partial charge is 0.321 e. The SMILES string of the molecule is CCc1nc(Cc2ccc(C(C)C)cc2)sc1C1CCN(CC2CC(N(C)[C@@H](C(=O)O)C(C)C)CC2c2cccc(F)c2)CC1.Cl.Cl.Cl. The quantitative estimate of drug-likeness (QED) is 0.200. The van der Waals surface area contributed by atoms with Crippen LogP contribution in [0.4, 0.5) is 4.39 Å². The molecule has 3 aromatic rings. The van der Waals surface area contributed by atoms with Crippen molar-refractivity contribution < 1.29 is 14.3 Å². The summed E-state index contributed by atoms with van der Waals surface area (Å²) in [5.41, 5.74) is 5.03. The minimum Gasteiger partial charge on any atom is -0.480 e. The lowest BCUT2D eigenvalue weighted by atomic mass is 9.87. The largest absolute Gasteiger partial charge is 0.480 e. The van der Waals surface area contributed by atoms with Gasteiger partial charge in [-0.2, -0.15) is 0 Å². The van der Waals surface area contributed by atoms with Crippen LogP contribution in [0.1, 0.15) is 110 Å². The molecule has 268 valence electrons. The molecule has 2 fully saturated rings. The number of piperidine rings is 1. The predicted molar refractivity (Wildman–Crippen MR) is 205 cm³/mol. The van der Waals surface area contributed by atoms with Crippen LogP contribution in [0, 0.1) is 17.7 Å². The molecule has 0 bridgehead atoms. The van der Waals surface area contributed by atoms with Crippen LogP contribution in [0.25, 0.3) is 0 Å². The number of hydrogen-bond donors (Lipinski definition) is 1. The number of nitrogens with zero attached hydrogens (tertiary/aromatic N) is 3. The van der Waals surface area contributed by atoms with E-state index in [2.05, 4.69) is 60.9 Å². The Hall–Kier alpha value is -1.74. The molecule has 1 aromatic heterocycles. The maximum absolute atomic E-state index is 14.3. The van der Waals surface area contributed by atoms with Crippen LogP contribution in [0.15, 0.2) is 48.5 Å². The van der Waals surface area contributed by atoms with Gasteiger partial charge < -0.3 is 10.0 Å². The fraction of sp³-hybridized carbons (Fsp3) is 0.579. The number of halogens is 4. The normalized spacial score (nSPS) is 20.8. The highest BCUT2D eigenvalue weighted by atomic mass is 35.5. The number of hydrogen-bond acceptors (Lipinski definition) is 5. The third-order valence-corrected chi connectivity index (χ3v) is 11.7. The first-order chi connectivity index (χ1) is 21.5. The lowest BCUT2D eigenvalue weighted by Crippen LogP contribution is -2.47. The Morgan fingerprint density at radius 3 is 2.27 bits per heavy atom. The zero-order valence-corrected chi connectivity index (χ0v) is 32.5. The molecule has 1 saturated carbocycles. The van der Waals surface area contributed by atoms with Crippen molar-refractivity contribution in [2.45, 2.75) is 103 Å². The summed E-state index contributed by atoms with van der Waals surface area (Å²) in [4.78, 5) is 23.4. The van der Waals surface area contributed by atoms with Gasteiger partial charge in [0.05, 0.1) is 10.7 Å². The van der Waals surface area contributed by atoms with Crippen molar-refractivity contribution in [3.05, 3.63) is 86.6 Å². The van der Waals surface area contributed by atoms with E-state index >= 15 is 0 Å². The van der Waals surface area contributed by atoms with E-state index in [-0.39, 0.29) is 60.9 Å². The highest BCUT2D eigenvalue weighted by Gasteiger charge is 2.42. The minimum absolute atomic E-state index is 0. The fourth-order valence-corrected chi connectivity index (χ4v) is 9.26. The van der Waals surface area contributed by atoms with Gasteiger partial charge in [-0.15, -0.1) is 48.6 Å². The summed E-state index contributed by atoms with van der Waals surface area (Å²) in [5.74, 6) is 0.734. The monoisotopic (exact) mass is 741 g/mol. The predicted octanol–water partition coefficient (Wildman–Crippen LogP) is 9.61. The summed E-state index contributed by atoms with van der Waals surface area (Å²) < 4.78 is 14.3. The Morgan fingerprint density at radius 2 is 1.71 bits per heavy atom. The number of carbonyl (C=O) groups is 1. The standard InChI is InChI=1S/C38H52FN3O2S.3ClH/c1-7-34-37(45-35(40-34)19-26-11-13-27(14-12-26)24(2)3)28-15-17-42(18-16-28)23-30-21-32(41(6)36(25(4)5)38(43)44)22-33(30)29-9-8-10-31(39)20-29;;;/h8-14,20,24-25,28,30,32-33,36H,7,15-19,21-23H2,1-6H3,(H,43,44);3*1H/t30?,32?,33?,36-;;;/m1.../s1. The van der Waals surface area contributed by atoms with Gasteiger partial charge in [0.2, 0.25) is 0 Å². The summed E-state index contributed by atoms with van der Waals surface area (Å²) in [5, 5.41) is 11.2. The second-order valence-corrected chi connectivity index (χ2v) is 15.3. The number of carboxylic acid groups (broad SMARTS) is 1. The van der Waals surface area contributed by atoms with Gasteiger partial charge in [0, 0.05) is 23.9 Å². The van der Waals surface area contributed by atoms with Crippen LogP contribution in [-0.2, 0) is 17.6 Å². The number of aromatic nitrogens is 1. The molecule has 0 radical (unpaired) electrons. The van der Waals surface area contributed by atoms with Crippen LogP contribution in [0.2, 0.25) is 0 Å². The number of rotatable bonds is 12. The van der Waals surface area contributed by atoms with Gasteiger partial charge in [-0.05, 0) is 111 Å². The van der Waals surface area contributed by atoms with Crippen molar-refractivity contribution in [1.29, 1.82) is 0 Å². The van der Waals surface area contributed by atoms with E-state index in [0.717, 1.165) is 63.7 Å². The Labute approximate surface area is 310 Å². The average molecular weight is 743 g/mol. The summed E-state index contributed by atoms with van der Waals surface area (Å²) in [7, 11) is 1.97. The maximum Gasteiger partial charge on any atom is 0.321 e. The van der Waals surface area contributed by atoms with Crippen LogP contribution in [0.3, 0.4) is 0 Å². The first kappa shape index (κ1) is 42.4. The molecular formula is C38H55Cl3FN3O2S. The zero-order valence-electron chi connectivity index (χ0n) is 29.2. The third kappa shape index (κ3) is 10.2. The molecule has 4 atom stereocenters. The number of likely N-dealkylation sites (tertiary alicyclic amines) is 1. The highest BCUT2D eigenvalue weighted by molar-refractivity contribution is 7.11. The van der Waals surface area contributed by atoms with Gasteiger partial charge in [-0.3, -0.25) is 9.69 Å². The van der Waals surface area contributed by atoms with Gasteiger partial charge in [0.1, 0.15) is 11.9 Å². The molecule has 1 aliphatic heterocycles. The molecule has 2 heterocycles. The molecule has 0 amide bonds. The van der Waals surface area contributed by atoms with E-state index in [1.165, 1.54) is 32.8 Å². The van der Waals surface area contributed by atoms with Crippen LogP contribution >= 0.6 is 48.6 Å². The van der Waals surface area contributed by atoms with Crippen molar-refractivity contribution in [3.8, 4) is 0 Å². The molecule has 0 spiro atoms. The Morgan fingerprint density at radius 1 is 1.04 bits per heavy atom. The number of thiazole rings is 1. The van der Waals surface area contributed by atoms with Crippen LogP contribution in [-0.4, -0.2) is 64.6 Å². The van der Waals surface area contributed by atoms with E-state index < -0.39 is 12.0 Å². The van der Waals surface area contributed by atoms with E-state index in [0.29, 0.717) is 17.8 Å². The number of likely N-dealkylation sites (N-methyl/N-ethyl adjacent to an activating group) is 1.